The summed E-state index contributed by atoms with van der Waals surface area (Å²) in [6.07, 6.45) is 2.27. The molecule has 156 valence electrons. The smallest absolute Gasteiger partial charge is 0.310 e. The van der Waals surface area contributed by atoms with Gasteiger partial charge in [0.1, 0.15) is 0 Å². The van der Waals surface area contributed by atoms with Crippen LogP contribution in [0.25, 0.3) is 0 Å². The van der Waals surface area contributed by atoms with Crippen LogP contribution < -0.4 is 0 Å². The summed E-state index contributed by atoms with van der Waals surface area (Å²) in [6, 6.07) is 1.78. The third-order valence-corrected chi connectivity index (χ3v) is 7.60. The first-order valence-corrected chi connectivity index (χ1v) is 11.8. The first-order chi connectivity index (χ1) is 13.2. The average Bonchev–Trinajstić information content (AvgIpc) is 3.13. The molecule has 8 heteroatoms. The van der Waals surface area contributed by atoms with Crippen LogP contribution in [0, 0.1) is 19.8 Å². The predicted molar refractivity (Wildman–Crippen MR) is 106 cm³/mol. The molecule has 3 rings (SSSR count). The van der Waals surface area contributed by atoms with Crippen LogP contribution in [0.4, 0.5) is 0 Å². The maximum atomic E-state index is 13.0. The quantitative estimate of drug-likeness (QED) is 0.526. The van der Waals surface area contributed by atoms with Gasteiger partial charge in [0.2, 0.25) is 0 Å². The average molecular weight is 411 g/mol. The van der Waals surface area contributed by atoms with Gasteiger partial charge in [-0.3, -0.25) is 14.5 Å². The number of aromatic nitrogens is 1. The fraction of sp³-hybridized carbons (Fsp3) is 0.700. The molecule has 1 aromatic rings. The van der Waals surface area contributed by atoms with Gasteiger partial charge in [0.05, 0.1) is 30.6 Å². The van der Waals surface area contributed by atoms with Crippen molar-refractivity contribution in [2.75, 3.05) is 37.7 Å². The fourth-order valence-corrected chi connectivity index (χ4v) is 6.24. The molecule has 1 aromatic heterocycles. The van der Waals surface area contributed by atoms with E-state index in [0.717, 1.165) is 30.8 Å². The van der Waals surface area contributed by atoms with Gasteiger partial charge in [-0.1, -0.05) is 0 Å². The molecule has 3 heterocycles. The Kier molecular flexibility index (Phi) is 6.29. The van der Waals surface area contributed by atoms with Crippen molar-refractivity contribution in [1.82, 2.24) is 9.47 Å². The number of sulfone groups is 1. The number of Topliss-reactive ketones (excluding diaryl/α,β-unsaturated/α-hetero) is 1. The molecule has 0 bridgehead atoms. The zero-order valence-corrected chi connectivity index (χ0v) is 17.8. The topological polar surface area (TPSA) is 85.7 Å². The van der Waals surface area contributed by atoms with E-state index < -0.39 is 9.84 Å². The Balaban J connectivity index is 1.70. The normalized spacial score (nSPS) is 25.0. The summed E-state index contributed by atoms with van der Waals surface area (Å²) in [5.74, 6) is 0.0216. The minimum absolute atomic E-state index is 0.0183. The number of rotatable bonds is 6. The molecule has 0 spiro atoms. The Bertz CT molecular complexity index is 858. The number of ketones is 1. The van der Waals surface area contributed by atoms with Gasteiger partial charge in [0.25, 0.3) is 0 Å². The molecule has 2 saturated heterocycles. The minimum atomic E-state index is -2.99. The minimum Gasteiger partial charge on any atom is -0.466 e. The van der Waals surface area contributed by atoms with Crippen LogP contribution in [0.15, 0.2) is 6.07 Å². The van der Waals surface area contributed by atoms with Crippen LogP contribution >= 0.6 is 0 Å². The number of nitrogens with zero attached hydrogens (tertiary/aromatic N) is 2. The summed E-state index contributed by atoms with van der Waals surface area (Å²) in [6.45, 7) is 7.59. The molecular weight excluding hydrogens is 380 g/mol. The molecule has 2 fully saturated rings. The Morgan fingerprint density at radius 1 is 1.25 bits per heavy atom. The van der Waals surface area contributed by atoms with E-state index in [0.29, 0.717) is 25.1 Å². The number of carbonyl (C=O) groups excluding carboxylic acids is 2. The lowest BCUT2D eigenvalue weighted by Gasteiger charge is -2.30. The highest BCUT2D eigenvalue weighted by atomic mass is 32.2. The Labute approximate surface area is 166 Å². The van der Waals surface area contributed by atoms with Crippen LogP contribution in [0.3, 0.4) is 0 Å². The molecule has 0 unspecified atom stereocenters. The number of ether oxygens (including phenoxy) is 1. The molecule has 7 nitrogen and oxygen atoms in total. The van der Waals surface area contributed by atoms with Gasteiger partial charge in [0, 0.05) is 29.5 Å². The van der Waals surface area contributed by atoms with E-state index in [4.69, 9.17) is 4.74 Å². The Morgan fingerprint density at radius 2 is 2.00 bits per heavy atom. The molecule has 0 amide bonds. The van der Waals surface area contributed by atoms with Gasteiger partial charge in [-0.15, -0.1) is 0 Å². The lowest BCUT2D eigenvalue weighted by Crippen LogP contribution is -2.41. The highest BCUT2D eigenvalue weighted by Gasteiger charge is 2.32. The number of esters is 1. The van der Waals surface area contributed by atoms with Crippen LogP contribution in [-0.2, 0) is 19.4 Å². The molecule has 2 atom stereocenters. The molecule has 0 radical (unpaired) electrons. The predicted octanol–water partition coefficient (Wildman–Crippen LogP) is 1.92. The van der Waals surface area contributed by atoms with Crippen molar-refractivity contribution in [3.05, 3.63) is 23.0 Å². The number of piperidine rings is 1. The van der Waals surface area contributed by atoms with Gasteiger partial charge in [0.15, 0.2) is 15.6 Å². The summed E-state index contributed by atoms with van der Waals surface area (Å²) in [5, 5.41) is 0. The molecule has 0 saturated carbocycles. The SMILES string of the molecule is CCOC(=O)[C@H]1CCCN(CC(=O)c2cc(C)n([C@H]3CCS(=O)(=O)C3)c2C)C1. The van der Waals surface area contributed by atoms with Crippen molar-refractivity contribution in [1.29, 1.82) is 0 Å². The molecule has 28 heavy (non-hydrogen) atoms. The summed E-state index contributed by atoms with van der Waals surface area (Å²) >= 11 is 0. The van der Waals surface area contributed by atoms with Gasteiger partial charge < -0.3 is 9.30 Å². The highest BCUT2D eigenvalue weighted by Crippen LogP contribution is 2.29. The molecule has 0 aliphatic carbocycles. The summed E-state index contributed by atoms with van der Waals surface area (Å²) in [4.78, 5) is 27.0. The van der Waals surface area contributed by atoms with Crippen molar-refractivity contribution in [2.24, 2.45) is 5.92 Å². The van der Waals surface area contributed by atoms with Gasteiger partial charge >= 0.3 is 5.97 Å². The number of likely N-dealkylation sites (tertiary alicyclic amines) is 1. The highest BCUT2D eigenvalue weighted by molar-refractivity contribution is 7.91. The molecule has 0 N–H and O–H groups in total. The summed E-state index contributed by atoms with van der Waals surface area (Å²) in [7, 11) is -2.99. The van der Waals surface area contributed by atoms with Gasteiger partial charge in [-0.2, -0.15) is 0 Å². The van der Waals surface area contributed by atoms with Crippen LogP contribution in [-0.4, -0.2) is 67.4 Å². The third kappa shape index (κ3) is 4.49. The first kappa shape index (κ1) is 21.0. The Hall–Kier alpha value is -1.67. The summed E-state index contributed by atoms with van der Waals surface area (Å²) in [5.41, 5.74) is 2.41. The molecule has 0 aromatic carbocycles. The van der Waals surface area contributed by atoms with E-state index in [-0.39, 0.29) is 41.8 Å². The van der Waals surface area contributed by atoms with Crippen molar-refractivity contribution in [2.45, 2.75) is 46.1 Å². The second-order valence-electron chi connectivity index (χ2n) is 7.96. The zero-order valence-electron chi connectivity index (χ0n) is 16.9. The van der Waals surface area contributed by atoms with E-state index >= 15 is 0 Å². The Morgan fingerprint density at radius 3 is 2.64 bits per heavy atom. The fourth-order valence-electron chi connectivity index (χ4n) is 4.54. The lowest BCUT2D eigenvalue weighted by molar-refractivity contribution is -0.149. The van der Waals surface area contributed by atoms with Crippen molar-refractivity contribution in [3.8, 4) is 0 Å². The van der Waals surface area contributed by atoms with Gasteiger partial charge in [-0.25, -0.2) is 8.42 Å². The largest absolute Gasteiger partial charge is 0.466 e. The number of carbonyl (C=O) groups is 2. The third-order valence-electron chi connectivity index (χ3n) is 5.85. The molecule has 2 aliphatic heterocycles. The second-order valence-corrected chi connectivity index (χ2v) is 10.2. The number of hydrogen-bond acceptors (Lipinski definition) is 6. The van der Waals surface area contributed by atoms with E-state index in [2.05, 4.69) is 0 Å². The number of hydrogen-bond donors (Lipinski definition) is 0. The van der Waals surface area contributed by atoms with Crippen molar-refractivity contribution < 1.29 is 22.7 Å². The molecular formula is C20H30N2O5S. The summed E-state index contributed by atoms with van der Waals surface area (Å²) < 4.78 is 30.8. The standard InChI is InChI=1S/C20H30N2O5S/c1-4-27-20(24)16-6-5-8-21(11-16)12-19(23)18-10-14(2)22(15(18)3)17-7-9-28(25,26)13-17/h10,16-17H,4-9,11-13H2,1-3H3/t16-,17-/m0/s1. The van der Waals surface area contributed by atoms with Crippen molar-refractivity contribution in [3.63, 3.8) is 0 Å². The maximum absolute atomic E-state index is 13.0. The van der Waals surface area contributed by atoms with Crippen LogP contribution in [0.5, 0.6) is 0 Å². The van der Waals surface area contributed by atoms with E-state index in [9.17, 15) is 18.0 Å². The first-order valence-electron chi connectivity index (χ1n) is 10.0. The van der Waals surface area contributed by atoms with E-state index in [1.807, 2.05) is 29.4 Å². The van der Waals surface area contributed by atoms with E-state index in [1.54, 1.807) is 6.92 Å². The second kappa shape index (κ2) is 8.37. The number of aryl methyl sites for hydroxylation is 1. The van der Waals surface area contributed by atoms with Crippen molar-refractivity contribution >= 4 is 21.6 Å². The van der Waals surface area contributed by atoms with Gasteiger partial charge in [-0.05, 0) is 52.6 Å². The van der Waals surface area contributed by atoms with E-state index in [1.165, 1.54) is 0 Å². The lowest BCUT2D eigenvalue weighted by atomic mass is 9.97. The van der Waals surface area contributed by atoms with Crippen LogP contribution in [0.1, 0.15) is 54.0 Å². The molecule has 2 aliphatic rings. The van der Waals surface area contributed by atoms with Crippen LogP contribution in [0.2, 0.25) is 0 Å². The maximum Gasteiger partial charge on any atom is 0.310 e. The monoisotopic (exact) mass is 410 g/mol. The zero-order chi connectivity index (χ0) is 20.5.